The minimum atomic E-state index is 0.342. The molecule has 0 bridgehead atoms. The highest BCUT2D eigenvalue weighted by atomic mass is 35.5. The number of nitrogens with one attached hydrogen (secondary N) is 1. The van der Waals surface area contributed by atoms with E-state index in [9.17, 15) is 0 Å². The van der Waals surface area contributed by atoms with E-state index in [0.29, 0.717) is 11.5 Å². The summed E-state index contributed by atoms with van der Waals surface area (Å²) < 4.78 is 5.22. The average molecular weight is 307 g/mol. The molecule has 0 aliphatic carbocycles. The van der Waals surface area contributed by atoms with Gasteiger partial charge in [-0.15, -0.1) is 0 Å². The lowest BCUT2D eigenvalue weighted by molar-refractivity contribution is 0.415. The lowest BCUT2D eigenvalue weighted by Gasteiger charge is -2.13. The standard InChI is InChI=1S/C15H15ClN2OS/c1-19-11-6-7-12(15(17)20)14(8-11)18-9-10-4-2-3-5-13(10)16/h2-8,18H,9H2,1H3,(H2,17,20). The molecule has 0 radical (unpaired) electrons. The zero-order valence-electron chi connectivity index (χ0n) is 11.0. The molecule has 0 unspecified atom stereocenters. The molecule has 0 fully saturated rings. The average Bonchev–Trinajstić information content (AvgIpc) is 2.46. The molecule has 0 aliphatic rings. The highest BCUT2D eigenvalue weighted by Crippen LogP contribution is 2.24. The van der Waals surface area contributed by atoms with Gasteiger partial charge in [0, 0.05) is 28.9 Å². The molecule has 0 aliphatic heterocycles. The van der Waals surface area contributed by atoms with Crippen LogP contribution in [-0.4, -0.2) is 12.1 Å². The van der Waals surface area contributed by atoms with Crippen molar-refractivity contribution in [2.75, 3.05) is 12.4 Å². The molecule has 3 nitrogen and oxygen atoms in total. The first kappa shape index (κ1) is 14.6. The number of hydrogen-bond donors (Lipinski definition) is 2. The normalized spacial score (nSPS) is 10.1. The molecule has 0 heterocycles. The van der Waals surface area contributed by atoms with Gasteiger partial charge >= 0.3 is 0 Å². The number of nitrogens with two attached hydrogens (primary N) is 1. The van der Waals surface area contributed by atoms with E-state index in [1.54, 1.807) is 7.11 Å². The first-order valence-corrected chi connectivity index (χ1v) is 6.85. The van der Waals surface area contributed by atoms with Crippen molar-refractivity contribution < 1.29 is 4.74 Å². The van der Waals surface area contributed by atoms with Gasteiger partial charge in [0.05, 0.1) is 7.11 Å². The summed E-state index contributed by atoms with van der Waals surface area (Å²) >= 11 is 11.2. The minimum Gasteiger partial charge on any atom is -0.497 e. The van der Waals surface area contributed by atoms with Gasteiger partial charge < -0.3 is 15.8 Å². The van der Waals surface area contributed by atoms with Crippen molar-refractivity contribution in [1.29, 1.82) is 0 Å². The van der Waals surface area contributed by atoms with Gasteiger partial charge in [-0.3, -0.25) is 0 Å². The molecule has 0 amide bonds. The highest BCUT2D eigenvalue weighted by Gasteiger charge is 2.07. The molecule has 0 aromatic heterocycles. The molecule has 0 saturated carbocycles. The van der Waals surface area contributed by atoms with E-state index < -0.39 is 0 Å². The van der Waals surface area contributed by atoms with Crippen molar-refractivity contribution in [3.8, 4) is 5.75 Å². The van der Waals surface area contributed by atoms with Gasteiger partial charge in [-0.2, -0.15) is 0 Å². The summed E-state index contributed by atoms with van der Waals surface area (Å²) in [7, 11) is 1.62. The van der Waals surface area contributed by atoms with Crippen LogP contribution in [0.3, 0.4) is 0 Å². The Morgan fingerprint density at radius 3 is 2.70 bits per heavy atom. The Hall–Kier alpha value is -1.78. The van der Waals surface area contributed by atoms with Gasteiger partial charge in [-0.1, -0.05) is 42.0 Å². The lowest BCUT2D eigenvalue weighted by Crippen LogP contribution is -2.13. The van der Waals surface area contributed by atoms with Gasteiger partial charge in [0.2, 0.25) is 0 Å². The Morgan fingerprint density at radius 2 is 2.05 bits per heavy atom. The fourth-order valence-electron chi connectivity index (χ4n) is 1.84. The molecular weight excluding hydrogens is 292 g/mol. The molecule has 5 heteroatoms. The number of benzene rings is 2. The Morgan fingerprint density at radius 1 is 1.30 bits per heavy atom. The van der Waals surface area contributed by atoms with E-state index in [-0.39, 0.29) is 0 Å². The smallest absolute Gasteiger partial charge is 0.120 e. The molecule has 3 N–H and O–H groups in total. The Balaban J connectivity index is 2.24. The van der Waals surface area contributed by atoms with Crippen molar-refractivity contribution in [2.45, 2.75) is 6.54 Å². The van der Waals surface area contributed by atoms with Gasteiger partial charge in [0.15, 0.2) is 0 Å². The van der Waals surface area contributed by atoms with Crippen molar-refractivity contribution in [3.63, 3.8) is 0 Å². The number of thiocarbonyl (C=S) groups is 1. The first-order chi connectivity index (χ1) is 9.61. The maximum Gasteiger partial charge on any atom is 0.120 e. The molecule has 104 valence electrons. The lowest BCUT2D eigenvalue weighted by atomic mass is 10.1. The van der Waals surface area contributed by atoms with Gasteiger partial charge in [-0.05, 0) is 23.8 Å². The van der Waals surface area contributed by atoms with E-state index in [4.69, 9.17) is 34.3 Å². The third-order valence-electron chi connectivity index (χ3n) is 2.92. The van der Waals surface area contributed by atoms with E-state index in [1.807, 2.05) is 42.5 Å². The van der Waals surface area contributed by atoms with Crippen LogP contribution in [0.2, 0.25) is 5.02 Å². The Bertz CT molecular complexity index is 631. The quantitative estimate of drug-likeness (QED) is 0.829. The number of halogens is 1. The molecule has 0 atom stereocenters. The van der Waals surface area contributed by atoms with Crippen LogP contribution in [0.1, 0.15) is 11.1 Å². The predicted octanol–water partition coefficient (Wildman–Crippen LogP) is 3.59. The third-order valence-corrected chi connectivity index (χ3v) is 3.51. The van der Waals surface area contributed by atoms with E-state index >= 15 is 0 Å². The van der Waals surface area contributed by atoms with Crippen LogP contribution in [0.25, 0.3) is 0 Å². The summed E-state index contributed by atoms with van der Waals surface area (Å²) in [6, 6.07) is 13.2. The summed E-state index contributed by atoms with van der Waals surface area (Å²) in [4.78, 5) is 0.342. The molecule has 0 saturated heterocycles. The predicted molar refractivity (Wildman–Crippen MR) is 87.7 cm³/mol. The summed E-state index contributed by atoms with van der Waals surface area (Å²) in [5, 5.41) is 4.02. The largest absolute Gasteiger partial charge is 0.497 e. The second-order valence-corrected chi connectivity index (χ2v) is 5.07. The Kier molecular flexibility index (Phi) is 4.82. The Labute approximate surface area is 128 Å². The molecule has 2 rings (SSSR count). The highest BCUT2D eigenvalue weighted by molar-refractivity contribution is 7.80. The molecule has 0 spiro atoms. The minimum absolute atomic E-state index is 0.342. The molecular formula is C15H15ClN2OS. The SMILES string of the molecule is COc1ccc(C(N)=S)c(NCc2ccccc2Cl)c1. The first-order valence-electron chi connectivity index (χ1n) is 6.07. The van der Waals surface area contributed by atoms with Crippen molar-refractivity contribution in [1.82, 2.24) is 0 Å². The fourth-order valence-corrected chi connectivity index (χ4v) is 2.22. The van der Waals surface area contributed by atoms with Crippen molar-refractivity contribution >= 4 is 34.5 Å². The third kappa shape index (κ3) is 3.40. The second-order valence-electron chi connectivity index (χ2n) is 4.22. The van der Waals surface area contributed by atoms with Crippen LogP contribution in [0.5, 0.6) is 5.75 Å². The fraction of sp³-hybridized carbons (Fsp3) is 0.133. The van der Waals surface area contributed by atoms with Crippen LogP contribution in [-0.2, 0) is 6.54 Å². The molecule has 2 aromatic rings. The number of ether oxygens (including phenoxy) is 1. The summed E-state index contributed by atoms with van der Waals surface area (Å²) in [6.45, 7) is 0.586. The van der Waals surface area contributed by atoms with Crippen molar-refractivity contribution in [3.05, 3.63) is 58.6 Å². The van der Waals surface area contributed by atoms with Crippen LogP contribution < -0.4 is 15.8 Å². The maximum absolute atomic E-state index is 6.14. The van der Waals surface area contributed by atoms with E-state index in [2.05, 4.69) is 5.32 Å². The summed E-state index contributed by atoms with van der Waals surface area (Å²) in [5.41, 5.74) is 8.35. The van der Waals surface area contributed by atoms with Gasteiger partial charge in [0.1, 0.15) is 10.7 Å². The monoisotopic (exact) mass is 306 g/mol. The maximum atomic E-state index is 6.14. The van der Waals surface area contributed by atoms with Crippen LogP contribution >= 0.6 is 23.8 Å². The van der Waals surface area contributed by atoms with E-state index in [0.717, 1.165) is 27.6 Å². The van der Waals surface area contributed by atoms with Crippen LogP contribution in [0, 0.1) is 0 Å². The molecule has 20 heavy (non-hydrogen) atoms. The number of anilines is 1. The topological polar surface area (TPSA) is 47.3 Å². The summed E-state index contributed by atoms with van der Waals surface area (Å²) in [5.74, 6) is 0.742. The zero-order chi connectivity index (χ0) is 14.5. The number of hydrogen-bond acceptors (Lipinski definition) is 3. The van der Waals surface area contributed by atoms with Gasteiger partial charge in [0.25, 0.3) is 0 Å². The molecule has 2 aromatic carbocycles. The van der Waals surface area contributed by atoms with Gasteiger partial charge in [-0.25, -0.2) is 0 Å². The second kappa shape index (κ2) is 6.59. The van der Waals surface area contributed by atoms with Crippen LogP contribution in [0.15, 0.2) is 42.5 Å². The summed E-state index contributed by atoms with van der Waals surface area (Å²) in [6.07, 6.45) is 0. The van der Waals surface area contributed by atoms with Crippen LogP contribution in [0.4, 0.5) is 5.69 Å². The zero-order valence-corrected chi connectivity index (χ0v) is 12.6. The number of methoxy groups -OCH3 is 1. The van der Waals surface area contributed by atoms with E-state index in [1.165, 1.54) is 0 Å². The van der Waals surface area contributed by atoms with Crippen molar-refractivity contribution in [2.24, 2.45) is 5.73 Å². The number of rotatable bonds is 5.